The lowest BCUT2D eigenvalue weighted by Gasteiger charge is -2.35. The van der Waals surface area contributed by atoms with Crippen molar-refractivity contribution in [3.63, 3.8) is 0 Å². The van der Waals surface area contributed by atoms with Crippen molar-refractivity contribution in [2.75, 3.05) is 25.7 Å². The van der Waals surface area contributed by atoms with E-state index in [-0.39, 0.29) is 12.3 Å². The van der Waals surface area contributed by atoms with Crippen molar-refractivity contribution < 1.29 is 23.8 Å². The zero-order valence-corrected chi connectivity index (χ0v) is 18.6. The molecule has 6 nitrogen and oxygen atoms in total. The largest absolute Gasteiger partial charge is 0.497 e. The number of methoxy groups -OCH3 is 2. The molecule has 0 aromatic heterocycles. The van der Waals surface area contributed by atoms with E-state index in [1.165, 1.54) is 7.11 Å². The number of hydrogen-bond acceptors (Lipinski definition) is 6. The van der Waals surface area contributed by atoms with E-state index < -0.39 is 17.9 Å². The van der Waals surface area contributed by atoms with E-state index in [9.17, 15) is 9.59 Å². The van der Waals surface area contributed by atoms with Gasteiger partial charge in [-0.15, -0.1) is 0 Å². The summed E-state index contributed by atoms with van der Waals surface area (Å²) in [5, 5.41) is 0.504. The number of halogens is 1. The number of carbonyl (C=O) groups is 2. The van der Waals surface area contributed by atoms with E-state index in [1.54, 1.807) is 50.1 Å². The van der Waals surface area contributed by atoms with Crippen LogP contribution in [0.3, 0.4) is 0 Å². The summed E-state index contributed by atoms with van der Waals surface area (Å²) in [6, 6.07) is 14.4. The van der Waals surface area contributed by atoms with Gasteiger partial charge >= 0.3 is 11.9 Å². The highest BCUT2D eigenvalue weighted by atomic mass is 35.5. The van der Waals surface area contributed by atoms with Crippen molar-refractivity contribution in [1.82, 2.24) is 0 Å². The van der Waals surface area contributed by atoms with E-state index >= 15 is 0 Å². The summed E-state index contributed by atoms with van der Waals surface area (Å²) < 4.78 is 15.6. The SMILES string of the molecule is CCOC(=O)C1=C(C)N(c2cccc(Cl)c2)C(C(=O)OC)=CC1c1ccc(OC)cc1. The predicted octanol–water partition coefficient (Wildman–Crippen LogP) is 4.85. The number of anilines is 1. The molecule has 3 rings (SSSR count). The summed E-state index contributed by atoms with van der Waals surface area (Å²) in [5.74, 6) is -0.793. The zero-order valence-electron chi connectivity index (χ0n) is 17.8. The predicted molar refractivity (Wildman–Crippen MR) is 119 cm³/mol. The Hall–Kier alpha value is -3.25. The van der Waals surface area contributed by atoms with Crippen LogP contribution in [0, 0.1) is 0 Å². The fourth-order valence-corrected chi connectivity index (χ4v) is 3.80. The lowest BCUT2D eigenvalue weighted by Crippen LogP contribution is -2.34. The normalized spacial score (nSPS) is 16.0. The van der Waals surface area contributed by atoms with Gasteiger partial charge in [-0.1, -0.05) is 29.8 Å². The smallest absolute Gasteiger partial charge is 0.354 e. The van der Waals surface area contributed by atoms with Crippen LogP contribution in [0.25, 0.3) is 0 Å². The summed E-state index contributed by atoms with van der Waals surface area (Å²) >= 11 is 6.19. The summed E-state index contributed by atoms with van der Waals surface area (Å²) in [6.07, 6.45) is 1.72. The molecule has 162 valence electrons. The van der Waals surface area contributed by atoms with Crippen LogP contribution in [-0.2, 0) is 19.1 Å². The average Bonchev–Trinajstić information content (AvgIpc) is 2.78. The molecule has 0 saturated carbocycles. The van der Waals surface area contributed by atoms with Gasteiger partial charge in [-0.25, -0.2) is 9.59 Å². The Bertz CT molecular complexity index is 1040. The molecule has 0 fully saturated rings. The summed E-state index contributed by atoms with van der Waals surface area (Å²) in [4.78, 5) is 27.4. The molecule has 1 atom stereocenters. The zero-order chi connectivity index (χ0) is 22.5. The number of carbonyl (C=O) groups excluding carboxylic acids is 2. The molecule has 2 aromatic carbocycles. The van der Waals surface area contributed by atoms with Crippen molar-refractivity contribution in [1.29, 1.82) is 0 Å². The molecule has 1 aliphatic heterocycles. The second-order valence-electron chi connectivity index (χ2n) is 6.83. The first-order valence-electron chi connectivity index (χ1n) is 9.78. The summed E-state index contributed by atoms with van der Waals surface area (Å²) in [6.45, 7) is 3.76. The molecule has 0 radical (unpaired) electrons. The molecule has 2 aromatic rings. The van der Waals surface area contributed by atoms with Gasteiger partial charge in [0.2, 0.25) is 0 Å². The second-order valence-corrected chi connectivity index (χ2v) is 7.27. The van der Waals surface area contributed by atoms with Crippen LogP contribution in [0.4, 0.5) is 5.69 Å². The van der Waals surface area contributed by atoms with Crippen LogP contribution < -0.4 is 9.64 Å². The Morgan fingerprint density at radius 1 is 1.06 bits per heavy atom. The number of rotatable bonds is 6. The fourth-order valence-electron chi connectivity index (χ4n) is 3.61. The molecule has 31 heavy (non-hydrogen) atoms. The third-order valence-electron chi connectivity index (χ3n) is 5.03. The highest BCUT2D eigenvalue weighted by Crippen LogP contribution is 2.40. The maximum absolute atomic E-state index is 13.0. The van der Waals surface area contributed by atoms with Gasteiger partial charge in [-0.3, -0.25) is 0 Å². The monoisotopic (exact) mass is 441 g/mol. The van der Waals surface area contributed by atoms with Gasteiger partial charge in [0.25, 0.3) is 0 Å². The quantitative estimate of drug-likeness (QED) is 0.597. The molecule has 0 N–H and O–H groups in total. The van der Waals surface area contributed by atoms with Crippen LogP contribution in [0.15, 0.2) is 71.6 Å². The maximum atomic E-state index is 13.0. The topological polar surface area (TPSA) is 65.1 Å². The molecule has 1 heterocycles. The number of ether oxygens (including phenoxy) is 3. The van der Waals surface area contributed by atoms with Gasteiger partial charge in [0.15, 0.2) is 0 Å². The number of nitrogens with zero attached hydrogens (tertiary/aromatic N) is 1. The first-order valence-corrected chi connectivity index (χ1v) is 10.2. The molecule has 0 amide bonds. The van der Waals surface area contributed by atoms with E-state index in [1.807, 2.05) is 30.3 Å². The molecule has 0 bridgehead atoms. The van der Waals surface area contributed by atoms with Gasteiger partial charge < -0.3 is 19.1 Å². The van der Waals surface area contributed by atoms with Crippen molar-refractivity contribution in [2.24, 2.45) is 0 Å². The molecule has 0 spiro atoms. The van der Waals surface area contributed by atoms with Gasteiger partial charge in [-0.05, 0) is 55.8 Å². The molecule has 7 heteroatoms. The molecule has 1 aliphatic rings. The van der Waals surface area contributed by atoms with Crippen LogP contribution in [0.1, 0.15) is 25.3 Å². The molecule has 0 aliphatic carbocycles. The van der Waals surface area contributed by atoms with Crippen molar-refractivity contribution in [3.05, 3.63) is 82.2 Å². The van der Waals surface area contributed by atoms with Crippen LogP contribution in [0.2, 0.25) is 5.02 Å². The number of allylic oxidation sites excluding steroid dienone is 2. The van der Waals surface area contributed by atoms with E-state index in [0.29, 0.717) is 27.7 Å². The van der Waals surface area contributed by atoms with Crippen LogP contribution >= 0.6 is 11.6 Å². The lowest BCUT2D eigenvalue weighted by molar-refractivity contribution is -0.139. The first-order chi connectivity index (χ1) is 14.9. The van der Waals surface area contributed by atoms with Crippen molar-refractivity contribution in [3.8, 4) is 5.75 Å². The van der Waals surface area contributed by atoms with E-state index in [0.717, 1.165) is 5.56 Å². The fraction of sp³-hybridized carbons (Fsp3) is 0.250. The molecule has 1 unspecified atom stereocenters. The average molecular weight is 442 g/mol. The van der Waals surface area contributed by atoms with Crippen molar-refractivity contribution in [2.45, 2.75) is 19.8 Å². The standard InChI is InChI=1S/C24H24ClNO5/c1-5-31-24(28)22-15(2)26(18-8-6-7-17(25)13-18)21(23(27)30-4)14-20(22)16-9-11-19(29-3)12-10-16/h6-14,20H,5H2,1-4H3. The summed E-state index contributed by atoms with van der Waals surface area (Å²) in [7, 11) is 2.91. The number of hydrogen-bond donors (Lipinski definition) is 0. The van der Waals surface area contributed by atoms with Crippen LogP contribution in [-0.4, -0.2) is 32.8 Å². The molecular formula is C24H24ClNO5. The second kappa shape index (κ2) is 9.71. The first kappa shape index (κ1) is 22.4. The minimum absolute atomic E-state index is 0.232. The Morgan fingerprint density at radius 3 is 2.35 bits per heavy atom. The minimum Gasteiger partial charge on any atom is -0.497 e. The highest BCUT2D eigenvalue weighted by molar-refractivity contribution is 6.30. The lowest BCUT2D eigenvalue weighted by atomic mass is 9.85. The Morgan fingerprint density at radius 2 is 1.77 bits per heavy atom. The Balaban J connectivity index is 2.22. The third kappa shape index (κ3) is 4.59. The Kier molecular flexibility index (Phi) is 7.02. The third-order valence-corrected chi connectivity index (χ3v) is 5.27. The van der Waals surface area contributed by atoms with Crippen molar-refractivity contribution >= 4 is 29.2 Å². The minimum atomic E-state index is -0.527. The highest BCUT2D eigenvalue weighted by Gasteiger charge is 2.36. The van der Waals surface area contributed by atoms with Gasteiger partial charge in [0, 0.05) is 22.3 Å². The van der Waals surface area contributed by atoms with Gasteiger partial charge in [0.1, 0.15) is 11.4 Å². The summed E-state index contributed by atoms with van der Waals surface area (Å²) in [5.41, 5.74) is 2.73. The number of esters is 2. The van der Waals surface area contributed by atoms with E-state index in [4.69, 9.17) is 25.8 Å². The molecule has 0 saturated heterocycles. The van der Waals surface area contributed by atoms with E-state index in [2.05, 4.69) is 0 Å². The maximum Gasteiger partial charge on any atom is 0.354 e. The number of benzene rings is 2. The van der Waals surface area contributed by atoms with Gasteiger partial charge in [-0.2, -0.15) is 0 Å². The molecular weight excluding hydrogens is 418 g/mol. The Labute approximate surface area is 186 Å². The van der Waals surface area contributed by atoms with Crippen LogP contribution in [0.5, 0.6) is 5.75 Å². The van der Waals surface area contributed by atoms with Gasteiger partial charge in [0.05, 0.1) is 26.4 Å².